The predicted molar refractivity (Wildman–Crippen MR) is 70.4 cm³/mol. The summed E-state index contributed by atoms with van der Waals surface area (Å²) < 4.78 is 0. The van der Waals surface area contributed by atoms with Gasteiger partial charge in [0.2, 0.25) is 0 Å². The third-order valence-electron chi connectivity index (χ3n) is 2.85. The molecule has 18 heavy (non-hydrogen) atoms. The summed E-state index contributed by atoms with van der Waals surface area (Å²) in [5.74, 6) is -0.153. The van der Waals surface area contributed by atoms with Crippen LogP contribution in [0.4, 0.5) is 0 Å². The zero-order chi connectivity index (χ0) is 13.0. The Morgan fingerprint density at radius 2 is 2.17 bits per heavy atom. The molecule has 2 N–H and O–H groups in total. The largest absolute Gasteiger partial charge is 0.396 e. The number of aliphatic hydroxyl groups is 1. The van der Waals surface area contributed by atoms with Crippen LogP contribution in [-0.2, 0) is 0 Å². The fraction of sp³-hybridized carbons (Fsp3) is 0.286. The van der Waals surface area contributed by atoms with Crippen LogP contribution in [0.5, 0.6) is 0 Å². The van der Waals surface area contributed by atoms with E-state index in [4.69, 9.17) is 5.11 Å². The van der Waals surface area contributed by atoms with Crippen LogP contribution in [0.2, 0.25) is 0 Å². The number of benzene rings is 1. The van der Waals surface area contributed by atoms with E-state index in [1.807, 2.05) is 31.2 Å². The van der Waals surface area contributed by atoms with Crippen molar-refractivity contribution in [3.8, 4) is 0 Å². The van der Waals surface area contributed by atoms with Crippen LogP contribution in [0.1, 0.15) is 23.7 Å². The second-order valence-corrected chi connectivity index (χ2v) is 4.29. The minimum absolute atomic E-state index is 0.0542. The summed E-state index contributed by atoms with van der Waals surface area (Å²) in [6.07, 6.45) is 3.86. The maximum Gasteiger partial charge on any atom is 0.253 e. The van der Waals surface area contributed by atoms with Gasteiger partial charge in [0.1, 0.15) is 0 Å². The van der Waals surface area contributed by atoms with Crippen LogP contribution >= 0.6 is 0 Å². The lowest BCUT2D eigenvalue weighted by Gasteiger charge is -2.13. The molecule has 4 nitrogen and oxygen atoms in total. The van der Waals surface area contributed by atoms with Gasteiger partial charge in [0.15, 0.2) is 0 Å². The van der Waals surface area contributed by atoms with Gasteiger partial charge in [-0.1, -0.05) is 24.3 Å². The van der Waals surface area contributed by atoms with Crippen LogP contribution < -0.4 is 5.32 Å². The third-order valence-corrected chi connectivity index (χ3v) is 2.85. The molecule has 1 aromatic carbocycles. The standard InChI is InChI=1S/C14H16N2O2/c1-10(6-7-17)16-14(18)13-9-15-8-11-4-2-3-5-12(11)13/h2-5,8-10,17H,6-7H2,1H3,(H,16,18). The first-order chi connectivity index (χ1) is 8.72. The van der Waals surface area contributed by atoms with Gasteiger partial charge >= 0.3 is 0 Å². The number of aliphatic hydroxyl groups excluding tert-OH is 1. The number of nitrogens with zero attached hydrogens (tertiary/aromatic N) is 1. The lowest BCUT2D eigenvalue weighted by molar-refractivity contribution is 0.0936. The summed E-state index contributed by atoms with van der Waals surface area (Å²) in [5, 5.41) is 13.5. The molecule has 4 heteroatoms. The fourth-order valence-corrected chi connectivity index (χ4v) is 1.86. The smallest absolute Gasteiger partial charge is 0.253 e. The van der Waals surface area contributed by atoms with Crippen LogP contribution in [0, 0.1) is 0 Å². The first kappa shape index (κ1) is 12.5. The molecule has 2 rings (SSSR count). The molecule has 0 radical (unpaired) electrons. The van der Waals surface area contributed by atoms with Crippen molar-refractivity contribution in [3.05, 3.63) is 42.2 Å². The molecule has 0 saturated heterocycles. The van der Waals surface area contributed by atoms with Gasteiger partial charge < -0.3 is 10.4 Å². The van der Waals surface area contributed by atoms with Gasteiger partial charge in [-0.05, 0) is 18.7 Å². The van der Waals surface area contributed by atoms with Crippen molar-refractivity contribution in [3.63, 3.8) is 0 Å². The number of fused-ring (bicyclic) bond motifs is 1. The van der Waals surface area contributed by atoms with E-state index in [0.717, 1.165) is 10.8 Å². The Morgan fingerprint density at radius 1 is 1.39 bits per heavy atom. The lowest BCUT2D eigenvalue weighted by Crippen LogP contribution is -2.33. The molecule has 0 aliphatic rings. The fourth-order valence-electron chi connectivity index (χ4n) is 1.86. The van der Waals surface area contributed by atoms with Gasteiger partial charge in [-0.15, -0.1) is 0 Å². The minimum atomic E-state index is -0.153. The Balaban J connectivity index is 2.28. The van der Waals surface area contributed by atoms with Crippen LogP contribution in [0.25, 0.3) is 10.8 Å². The van der Waals surface area contributed by atoms with Crippen molar-refractivity contribution in [2.45, 2.75) is 19.4 Å². The molecule has 0 aliphatic carbocycles. The average Bonchev–Trinajstić information content (AvgIpc) is 2.38. The number of carbonyl (C=O) groups excluding carboxylic acids is 1. The first-order valence-electron chi connectivity index (χ1n) is 5.97. The number of aromatic nitrogens is 1. The zero-order valence-corrected chi connectivity index (χ0v) is 10.3. The van der Waals surface area contributed by atoms with Crippen molar-refractivity contribution < 1.29 is 9.90 Å². The maximum atomic E-state index is 12.1. The number of hydrogen-bond acceptors (Lipinski definition) is 3. The summed E-state index contributed by atoms with van der Waals surface area (Å²) in [6.45, 7) is 1.93. The SMILES string of the molecule is CC(CCO)NC(=O)c1cncc2ccccc12. The number of rotatable bonds is 4. The highest BCUT2D eigenvalue weighted by Crippen LogP contribution is 2.16. The van der Waals surface area contributed by atoms with E-state index in [2.05, 4.69) is 10.3 Å². The van der Waals surface area contributed by atoms with E-state index in [-0.39, 0.29) is 18.6 Å². The Morgan fingerprint density at radius 3 is 2.94 bits per heavy atom. The second-order valence-electron chi connectivity index (χ2n) is 4.29. The molecule has 94 valence electrons. The van der Waals surface area contributed by atoms with Gasteiger partial charge in [-0.3, -0.25) is 9.78 Å². The summed E-state index contributed by atoms with van der Waals surface area (Å²) in [4.78, 5) is 16.2. The molecule has 0 spiro atoms. The van der Waals surface area contributed by atoms with Gasteiger partial charge in [-0.25, -0.2) is 0 Å². The van der Waals surface area contributed by atoms with Crippen molar-refractivity contribution in [1.29, 1.82) is 0 Å². The van der Waals surface area contributed by atoms with Crippen LogP contribution in [-0.4, -0.2) is 28.6 Å². The zero-order valence-electron chi connectivity index (χ0n) is 10.3. The van der Waals surface area contributed by atoms with Crippen LogP contribution in [0.3, 0.4) is 0 Å². The van der Waals surface area contributed by atoms with Gasteiger partial charge in [0.25, 0.3) is 5.91 Å². The van der Waals surface area contributed by atoms with E-state index in [0.29, 0.717) is 12.0 Å². The Kier molecular flexibility index (Phi) is 3.89. The second kappa shape index (κ2) is 5.60. The normalized spacial score (nSPS) is 12.3. The van der Waals surface area contributed by atoms with Crippen LogP contribution in [0.15, 0.2) is 36.7 Å². The molecule has 1 heterocycles. The molecule has 0 fully saturated rings. The van der Waals surface area contributed by atoms with E-state index >= 15 is 0 Å². The molecule has 1 unspecified atom stereocenters. The lowest BCUT2D eigenvalue weighted by atomic mass is 10.1. The number of hydrogen-bond donors (Lipinski definition) is 2. The van der Waals surface area contributed by atoms with Gasteiger partial charge in [-0.2, -0.15) is 0 Å². The van der Waals surface area contributed by atoms with Crippen molar-refractivity contribution in [1.82, 2.24) is 10.3 Å². The highest BCUT2D eigenvalue weighted by atomic mass is 16.3. The Bertz CT molecular complexity index is 549. The molecular formula is C14H16N2O2. The molecular weight excluding hydrogens is 228 g/mol. The molecule has 1 amide bonds. The molecule has 1 atom stereocenters. The molecule has 0 bridgehead atoms. The van der Waals surface area contributed by atoms with E-state index in [9.17, 15) is 4.79 Å². The van der Waals surface area contributed by atoms with E-state index in [1.54, 1.807) is 12.4 Å². The minimum Gasteiger partial charge on any atom is -0.396 e. The molecule has 0 saturated carbocycles. The van der Waals surface area contributed by atoms with Crippen molar-refractivity contribution in [2.24, 2.45) is 0 Å². The number of amides is 1. The number of nitrogens with one attached hydrogen (secondary N) is 1. The Hall–Kier alpha value is -1.94. The highest BCUT2D eigenvalue weighted by molar-refractivity contribution is 6.06. The predicted octanol–water partition coefficient (Wildman–Crippen LogP) is 1.74. The highest BCUT2D eigenvalue weighted by Gasteiger charge is 2.12. The van der Waals surface area contributed by atoms with Gasteiger partial charge in [0, 0.05) is 30.4 Å². The number of pyridine rings is 1. The van der Waals surface area contributed by atoms with E-state index < -0.39 is 0 Å². The quantitative estimate of drug-likeness (QED) is 0.861. The number of carbonyl (C=O) groups is 1. The molecule has 1 aromatic heterocycles. The van der Waals surface area contributed by atoms with E-state index in [1.165, 1.54) is 0 Å². The maximum absolute atomic E-state index is 12.1. The van der Waals surface area contributed by atoms with Crippen molar-refractivity contribution >= 4 is 16.7 Å². The van der Waals surface area contributed by atoms with Crippen molar-refractivity contribution in [2.75, 3.05) is 6.61 Å². The first-order valence-corrected chi connectivity index (χ1v) is 5.97. The molecule has 2 aromatic rings. The topological polar surface area (TPSA) is 62.2 Å². The Labute approximate surface area is 106 Å². The third kappa shape index (κ3) is 2.65. The summed E-state index contributed by atoms with van der Waals surface area (Å²) in [6, 6.07) is 7.59. The summed E-state index contributed by atoms with van der Waals surface area (Å²) >= 11 is 0. The summed E-state index contributed by atoms with van der Waals surface area (Å²) in [7, 11) is 0. The summed E-state index contributed by atoms with van der Waals surface area (Å²) in [5.41, 5.74) is 0.567. The monoisotopic (exact) mass is 244 g/mol. The average molecular weight is 244 g/mol. The van der Waals surface area contributed by atoms with Gasteiger partial charge in [0.05, 0.1) is 5.56 Å². The molecule has 0 aliphatic heterocycles.